The number of rotatable bonds is 10. The van der Waals surface area contributed by atoms with Crippen LogP contribution in [0.2, 0.25) is 0 Å². The summed E-state index contributed by atoms with van der Waals surface area (Å²) >= 11 is 0. The second-order valence-corrected chi connectivity index (χ2v) is 3.41. The van der Waals surface area contributed by atoms with Gasteiger partial charge >= 0.3 is 0 Å². The number of likely N-dealkylation sites (N-methyl/N-ethyl adjacent to an activating group) is 1. The Bertz CT molecular complexity index is 76.2. The number of nitrogens with two attached hydrogens (primary N) is 1. The normalized spacial score (nSPS) is 10.6. The van der Waals surface area contributed by atoms with E-state index in [1.54, 1.807) is 0 Å². The summed E-state index contributed by atoms with van der Waals surface area (Å²) in [5.41, 5.74) is 5.40. The maximum Gasteiger partial charge on any atom is 0.00766 e. The van der Waals surface area contributed by atoms with E-state index in [1.807, 2.05) is 7.05 Å². The van der Waals surface area contributed by atoms with Gasteiger partial charge in [0.15, 0.2) is 0 Å². The van der Waals surface area contributed by atoms with E-state index < -0.39 is 0 Å². The summed E-state index contributed by atoms with van der Waals surface area (Å²) in [4.78, 5) is 0. The molecule has 0 aliphatic heterocycles. The molecule has 0 spiro atoms. The van der Waals surface area contributed by atoms with E-state index in [0.29, 0.717) is 0 Å². The fourth-order valence-electron chi connectivity index (χ4n) is 1.26. The lowest BCUT2D eigenvalue weighted by molar-refractivity contribution is 0.571. The molecule has 4 N–H and O–H groups in total. The molecule has 0 amide bonds. The smallest absolute Gasteiger partial charge is 0.00766 e. The van der Waals surface area contributed by atoms with E-state index in [4.69, 9.17) is 5.73 Å². The second-order valence-electron chi connectivity index (χ2n) is 3.41. The molecule has 80 valence electrons. The van der Waals surface area contributed by atoms with Crippen molar-refractivity contribution in [1.29, 1.82) is 0 Å². The molecule has 0 atom stereocenters. The summed E-state index contributed by atoms with van der Waals surface area (Å²) in [6, 6.07) is 0. The first-order valence-corrected chi connectivity index (χ1v) is 5.47. The molecular formula is C10H25N3. The van der Waals surface area contributed by atoms with Crippen LogP contribution in [0.15, 0.2) is 0 Å². The molecule has 0 saturated heterocycles. The van der Waals surface area contributed by atoms with Crippen molar-refractivity contribution in [2.75, 3.05) is 33.2 Å². The van der Waals surface area contributed by atoms with Crippen LogP contribution in [-0.4, -0.2) is 33.2 Å². The van der Waals surface area contributed by atoms with Crippen molar-refractivity contribution in [3.8, 4) is 0 Å². The van der Waals surface area contributed by atoms with Crippen molar-refractivity contribution >= 4 is 0 Å². The molecule has 0 aromatic rings. The SMILES string of the molecule is CNCCNCCCCCCCN. The van der Waals surface area contributed by atoms with E-state index >= 15 is 0 Å². The highest BCUT2D eigenvalue weighted by Gasteiger charge is 1.89. The van der Waals surface area contributed by atoms with Crippen molar-refractivity contribution in [3.63, 3.8) is 0 Å². The van der Waals surface area contributed by atoms with Crippen LogP contribution in [0, 0.1) is 0 Å². The lowest BCUT2D eigenvalue weighted by Crippen LogP contribution is -2.25. The molecule has 0 aliphatic carbocycles. The largest absolute Gasteiger partial charge is 0.330 e. The Balaban J connectivity index is 2.76. The molecule has 3 heteroatoms. The predicted molar refractivity (Wildman–Crippen MR) is 58.9 cm³/mol. The summed E-state index contributed by atoms with van der Waals surface area (Å²) in [6.07, 6.45) is 6.46. The molecule has 0 aromatic heterocycles. The lowest BCUT2D eigenvalue weighted by Gasteiger charge is -2.03. The van der Waals surface area contributed by atoms with Crippen LogP contribution in [-0.2, 0) is 0 Å². The van der Waals surface area contributed by atoms with Gasteiger partial charge in [0, 0.05) is 13.1 Å². The van der Waals surface area contributed by atoms with Gasteiger partial charge in [0.2, 0.25) is 0 Å². The average Bonchev–Trinajstić information content (AvgIpc) is 2.16. The zero-order chi connectivity index (χ0) is 9.78. The fraction of sp³-hybridized carbons (Fsp3) is 1.00. The van der Waals surface area contributed by atoms with Crippen LogP contribution in [0.4, 0.5) is 0 Å². The van der Waals surface area contributed by atoms with Gasteiger partial charge in [-0.3, -0.25) is 0 Å². The molecule has 0 heterocycles. The van der Waals surface area contributed by atoms with Gasteiger partial charge in [0.05, 0.1) is 0 Å². The van der Waals surface area contributed by atoms with Crippen LogP contribution in [0.25, 0.3) is 0 Å². The van der Waals surface area contributed by atoms with Gasteiger partial charge in [-0.15, -0.1) is 0 Å². The molecule has 0 radical (unpaired) electrons. The third-order valence-corrected chi connectivity index (χ3v) is 2.11. The Morgan fingerprint density at radius 1 is 0.846 bits per heavy atom. The van der Waals surface area contributed by atoms with E-state index in [0.717, 1.165) is 26.2 Å². The van der Waals surface area contributed by atoms with Crippen molar-refractivity contribution in [2.45, 2.75) is 32.1 Å². The van der Waals surface area contributed by atoms with Crippen molar-refractivity contribution in [3.05, 3.63) is 0 Å². The molecule has 0 unspecified atom stereocenters. The topological polar surface area (TPSA) is 50.1 Å². The van der Waals surface area contributed by atoms with Crippen LogP contribution in [0.1, 0.15) is 32.1 Å². The fourth-order valence-corrected chi connectivity index (χ4v) is 1.26. The monoisotopic (exact) mass is 187 g/mol. The third kappa shape index (κ3) is 11.9. The van der Waals surface area contributed by atoms with Crippen LogP contribution in [0.5, 0.6) is 0 Å². The van der Waals surface area contributed by atoms with Gasteiger partial charge < -0.3 is 16.4 Å². The molecule has 0 bridgehead atoms. The molecule has 0 saturated carbocycles. The minimum atomic E-state index is 0.848. The average molecular weight is 187 g/mol. The molecule has 0 rings (SSSR count). The first kappa shape index (κ1) is 12.9. The van der Waals surface area contributed by atoms with Gasteiger partial charge in [-0.1, -0.05) is 19.3 Å². The summed E-state index contributed by atoms with van der Waals surface area (Å²) in [5.74, 6) is 0. The first-order valence-electron chi connectivity index (χ1n) is 5.47. The van der Waals surface area contributed by atoms with E-state index in [-0.39, 0.29) is 0 Å². The quantitative estimate of drug-likeness (QED) is 0.441. The van der Waals surface area contributed by atoms with Gasteiger partial charge in [0.25, 0.3) is 0 Å². The van der Waals surface area contributed by atoms with Crippen LogP contribution in [0.3, 0.4) is 0 Å². The second kappa shape index (κ2) is 11.9. The van der Waals surface area contributed by atoms with Gasteiger partial charge in [-0.05, 0) is 33.0 Å². The maximum atomic E-state index is 5.40. The summed E-state index contributed by atoms with van der Waals surface area (Å²) in [6.45, 7) is 4.15. The number of unbranched alkanes of at least 4 members (excludes halogenated alkanes) is 4. The lowest BCUT2D eigenvalue weighted by atomic mass is 10.1. The highest BCUT2D eigenvalue weighted by molar-refractivity contribution is 4.50. The molecule has 3 nitrogen and oxygen atoms in total. The summed E-state index contributed by atoms with van der Waals surface area (Å²) in [5, 5.41) is 6.50. The van der Waals surface area contributed by atoms with Crippen molar-refractivity contribution in [1.82, 2.24) is 10.6 Å². The van der Waals surface area contributed by atoms with Crippen molar-refractivity contribution < 1.29 is 0 Å². The van der Waals surface area contributed by atoms with Gasteiger partial charge in [-0.25, -0.2) is 0 Å². The predicted octanol–water partition coefficient (Wildman–Crippen LogP) is 0.705. The van der Waals surface area contributed by atoms with E-state index in [9.17, 15) is 0 Å². The van der Waals surface area contributed by atoms with Crippen LogP contribution < -0.4 is 16.4 Å². The summed E-state index contributed by atoms with van der Waals surface area (Å²) < 4.78 is 0. The number of hydrogen-bond acceptors (Lipinski definition) is 3. The Labute approximate surface area is 82.5 Å². The molecule has 13 heavy (non-hydrogen) atoms. The molecular weight excluding hydrogens is 162 g/mol. The van der Waals surface area contributed by atoms with E-state index in [2.05, 4.69) is 10.6 Å². The first-order chi connectivity index (χ1) is 6.41. The Kier molecular flexibility index (Phi) is 11.8. The minimum absolute atomic E-state index is 0.848. The number of hydrogen-bond donors (Lipinski definition) is 3. The minimum Gasteiger partial charge on any atom is -0.330 e. The third-order valence-electron chi connectivity index (χ3n) is 2.11. The highest BCUT2D eigenvalue weighted by atomic mass is 14.9. The summed E-state index contributed by atoms with van der Waals surface area (Å²) in [7, 11) is 1.98. The number of nitrogens with one attached hydrogen (secondary N) is 2. The van der Waals surface area contributed by atoms with Gasteiger partial charge in [-0.2, -0.15) is 0 Å². The Morgan fingerprint density at radius 2 is 1.54 bits per heavy atom. The van der Waals surface area contributed by atoms with Gasteiger partial charge in [0.1, 0.15) is 0 Å². The maximum absolute atomic E-state index is 5.40. The Morgan fingerprint density at radius 3 is 2.23 bits per heavy atom. The van der Waals surface area contributed by atoms with Crippen molar-refractivity contribution in [2.24, 2.45) is 5.73 Å². The Hall–Kier alpha value is -0.120. The zero-order valence-electron chi connectivity index (χ0n) is 8.94. The molecule has 0 aromatic carbocycles. The van der Waals surface area contributed by atoms with E-state index in [1.165, 1.54) is 32.1 Å². The standard InChI is InChI=1S/C10H25N3/c1-12-9-10-13-8-6-4-2-3-5-7-11/h12-13H,2-11H2,1H3. The zero-order valence-corrected chi connectivity index (χ0v) is 8.94. The van der Waals surface area contributed by atoms with Crippen LogP contribution >= 0.6 is 0 Å². The molecule has 0 fully saturated rings. The molecule has 0 aliphatic rings. The highest BCUT2D eigenvalue weighted by Crippen LogP contribution is 2.00.